The SMILES string of the molecule is CCCN(Cc1ccc(SC)cc1)C(=O)C1CCCN(C(N)=O)C1. The molecule has 0 radical (unpaired) electrons. The lowest BCUT2D eigenvalue weighted by atomic mass is 9.96. The van der Waals surface area contributed by atoms with Gasteiger partial charge in [0.25, 0.3) is 0 Å². The van der Waals surface area contributed by atoms with Crippen LogP contribution in [0.15, 0.2) is 29.2 Å². The molecule has 2 rings (SSSR count). The highest BCUT2D eigenvalue weighted by molar-refractivity contribution is 7.98. The molecule has 1 heterocycles. The first-order chi connectivity index (χ1) is 11.5. The topological polar surface area (TPSA) is 66.6 Å². The summed E-state index contributed by atoms with van der Waals surface area (Å²) in [7, 11) is 0. The van der Waals surface area contributed by atoms with Crippen molar-refractivity contribution in [2.75, 3.05) is 25.9 Å². The van der Waals surface area contributed by atoms with Gasteiger partial charge in [0.1, 0.15) is 0 Å². The molecular weight excluding hydrogens is 322 g/mol. The quantitative estimate of drug-likeness (QED) is 0.803. The average molecular weight is 350 g/mol. The van der Waals surface area contributed by atoms with Crippen LogP contribution in [-0.4, -0.2) is 47.6 Å². The molecule has 24 heavy (non-hydrogen) atoms. The van der Waals surface area contributed by atoms with E-state index in [1.807, 2.05) is 4.90 Å². The number of nitrogens with zero attached hydrogens (tertiary/aromatic N) is 2. The summed E-state index contributed by atoms with van der Waals surface area (Å²) in [4.78, 5) is 29.0. The summed E-state index contributed by atoms with van der Waals surface area (Å²) >= 11 is 1.71. The van der Waals surface area contributed by atoms with E-state index in [2.05, 4.69) is 37.4 Å². The van der Waals surface area contributed by atoms with Crippen molar-refractivity contribution in [2.45, 2.75) is 37.6 Å². The third-order valence-corrected chi connectivity index (χ3v) is 5.16. The zero-order chi connectivity index (χ0) is 17.5. The summed E-state index contributed by atoms with van der Waals surface area (Å²) < 4.78 is 0. The Kier molecular flexibility index (Phi) is 6.97. The summed E-state index contributed by atoms with van der Waals surface area (Å²) in [5.41, 5.74) is 6.51. The van der Waals surface area contributed by atoms with Crippen molar-refractivity contribution in [3.05, 3.63) is 29.8 Å². The van der Waals surface area contributed by atoms with Gasteiger partial charge in [-0.25, -0.2) is 4.79 Å². The van der Waals surface area contributed by atoms with Crippen LogP contribution in [0.2, 0.25) is 0 Å². The van der Waals surface area contributed by atoms with Crippen molar-refractivity contribution < 1.29 is 9.59 Å². The predicted octanol–water partition coefficient (Wildman–Crippen LogP) is 2.94. The fourth-order valence-corrected chi connectivity index (χ4v) is 3.53. The number of likely N-dealkylation sites (tertiary alicyclic amines) is 1. The smallest absolute Gasteiger partial charge is 0.314 e. The number of carbonyl (C=O) groups excluding carboxylic acids is 2. The summed E-state index contributed by atoms with van der Waals surface area (Å²) in [6.07, 6.45) is 4.63. The van der Waals surface area contributed by atoms with E-state index >= 15 is 0 Å². The number of primary amides is 1. The van der Waals surface area contributed by atoms with Crippen LogP contribution >= 0.6 is 11.8 Å². The minimum atomic E-state index is -0.429. The maximum absolute atomic E-state index is 12.9. The summed E-state index contributed by atoms with van der Waals surface area (Å²) in [5, 5.41) is 0. The number of urea groups is 1. The van der Waals surface area contributed by atoms with E-state index in [0.717, 1.165) is 31.4 Å². The molecule has 1 atom stereocenters. The van der Waals surface area contributed by atoms with E-state index in [1.54, 1.807) is 16.7 Å². The Labute approximate surface area is 148 Å². The van der Waals surface area contributed by atoms with E-state index < -0.39 is 6.03 Å². The molecule has 0 saturated carbocycles. The molecule has 1 aromatic carbocycles. The third-order valence-electron chi connectivity index (χ3n) is 4.42. The van der Waals surface area contributed by atoms with Crippen LogP contribution in [0.5, 0.6) is 0 Å². The van der Waals surface area contributed by atoms with Gasteiger partial charge in [0.15, 0.2) is 0 Å². The molecule has 1 aliphatic heterocycles. The zero-order valence-electron chi connectivity index (χ0n) is 14.5. The van der Waals surface area contributed by atoms with Gasteiger partial charge < -0.3 is 15.5 Å². The van der Waals surface area contributed by atoms with E-state index in [-0.39, 0.29) is 11.8 Å². The third kappa shape index (κ3) is 4.90. The van der Waals surface area contributed by atoms with Crippen molar-refractivity contribution in [2.24, 2.45) is 11.7 Å². The van der Waals surface area contributed by atoms with E-state index in [4.69, 9.17) is 5.73 Å². The Bertz CT molecular complexity index is 562. The molecule has 0 aliphatic carbocycles. The normalized spacial score (nSPS) is 17.6. The van der Waals surface area contributed by atoms with Crippen molar-refractivity contribution in [1.82, 2.24) is 9.80 Å². The molecule has 1 fully saturated rings. The number of piperidine rings is 1. The molecule has 0 spiro atoms. The van der Waals surface area contributed by atoms with Crippen molar-refractivity contribution in [3.63, 3.8) is 0 Å². The standard InChI is InChI=1S/C18H27N3O2S/c1-3-10-20(12-14-6-8-16(24-2)9-7-14)17(22)15-5-4-11-21(13-15)18(19)23/h6-9,15H,3-5,10-13H2,1-2H3,(H2,19,23). The van der Waals surface area contributed by atoms with Crippen LogP contribution in [0.3, 0.4) is 0 Å². The van der Waals surface area contributed by atoms with Gasteiger partial charge in [-0.2, -0.15) is 0 Å². The Hall–Kier alpha value is -1.69. The Morgan fingerprint density at radius 3 is 2.62 bits per heavy atom. The Morgan fingerprint density at radius 2 is 2.04 bits per heavy atom. The van der Waals surface area contributed by atoms with Gasteiger partial charge in [-0.1, -0.05) is 19.1 Å². The lowest BCUT2D eigenvalue weighted by Gasteiger charge is -2.34. The zero-order valence-corrected chi connectivity index (χ0v) is 15.3. The van der Waals surface area contributed by atoms with Gasteiger partial charge in [0, 0.05) is 31.1 Å². The summed E-state index contributed by atoms with van der Waals surface area (Å²) in [6, 6.07) is 7.91. The fourth-order valence-electron chi connectivity index (χ4n) is 3.13. The fraction of sp³-hybridized carbons (Fsp3) is 0.556. The number of hydrogen-bond acceptors (Lipinski definition) is 3. The van der Waals surface area contributed by atoms with Crippen LogP contribution in [0.4, 0.5) is 4.79 Å². The van der Waals surface area contributed by atoms with Gasteiger partial charge in [-0.15, -0.1) is 11.8 Å². The van der Waals surface area contributed by atoms with Crippen LogP contribution in [0.1, 0.15) is 31.7 Å². The number of rotatable bonds is 6. The maximum atomic E-state index is 12.9. The van der Waals surface area contributed by atoms with Crippen molar-refractivity contribution >= 4 is 23.7 Å². The number of nitrogens with two attached hydrogens (primary N) is 1. The Morgan fingerprint density at radius 1 is 1.33 bits per heavy atom. The monoisotopic (exact) mass is 349 g/mol. The Balaban J connectivity index is 2.04. The van der Waals surface area contributed by atoms with Gasteiger partial charge >= 0.3 is 6.03 Å². The molecular formula is C18H27N3O2S. The molecule has 1 unspecified atom stereocenters. The molecule has 2 N–H and O–H groups in total. The molecule has 0 aromatic heterocycles. The van der Waals surface area contributed by atoms with E-state index in [0.29, 0.717) is 19.6 Å². The van der Waals surface area contributed by atoms with Gasteiger partial charge in [-0.05, 0) is 43.2 Å². The molecule has 1 saturated heterocycles. The number of carbonyl (C=O) groups is 2. The first-order valence-electron chi connectivity index (χ1n) is 8.51. The minimum Gasteiger partial charge on any atom is -0.351 e. The molecule has 5 nitrogen and oxygen atoms in total. The van der Waals surface area contributed by atoms with Crippen molar-refractivity contribution in [3.8, 4) is 0 Å². The molecule has 1 aliphatic rings. The van der Waals surface area contributed by atoms with Gasteiger partial charge in [0.05, 0.1) is 5.92 Å². The highest BCUT2D eigenvalue weighted by Gasteiger charge is 2.30. The minimum absolute atomic E-state index is 0.136. The molecule has 1 aromatic rings. The molecule has 3 amide bonds. The highest BCUT2D eigenvalue weighted by Crippen LogP contribution is 2.21. The van der Waals surface area contributed by atoms with E-state index in [9.17, 15) is 9.59 Å². The lowest BCUT2D eigenvalue weighted by Crippen LogP contribution is -2.48. The van der Waals surface area contributed by atoms with Crippen LogP contribution in [0, 0.1) is 5.92 Å². The first kappa shape index (κ1) is 18.6. The van der Waals surface area contributed by atoms with E-state index in [1.165, 1.54) is 4.90 Å². The predicted molar refractivity (Wildman–Crippen MR) is 97.8 cm³/mol. The highest BCUT2D eigenvalue weighted by atomic mass is 32.2. The molecule has 132 valence electrons. The first-order valence-corrected chi connectivity index (χ1v) is 9.73. The lowest BCUT2D eigenvalue weighted by molar-refractivity contribution is -0.137. The van der Waals surface area contributed by atoms with Crippen molar-refractivity contribution in [1.29, 1.82) is 0 Å². The second-order valence-electron chi connectivity index (χ2n) is 6.23. The number of thioether (sulfide) groups is 1. The largest absolute Gasteiger partial charge is 0.351 e. The van der Waals surface area contributed by atoms with Crippen LogP contribution in [-0.2, 0) is 11.3 Å². The van der Waals surface area contributed by atoms with Crippen LogP contribution in [0.25, 0.3) is 0 Å². The second kappa shape index (κ2) is 8.97. The second-order valence-corrected chi connectivity index (χ2v) is 7.11. The number of benzene rings is 1. The molecule has 0 bridgehead atoms. The summed E-state index contributed by atoms with van der Waals surface area (Å²) in [6.45, 7) is 4.53. The van der Waals surface area contributed by atoms with Gasteiger partial charge in [-0.3, -0.25) is 4.79 Å². The summed E-state index contributed by atoms with van der Waals surface area (Å²) in [5.74, 6) is 0.0000126. The van der Waals surface area contributed by atoms with Gasteiger partial charge in [0.2, 0.25) is 5.91 Å². The maximum Gasteiger partial charge on any atom is 0.314 e. The average Bonchev–Trinajstić information content (AvgIpc) is 2.61. The number of amides is 3. The molecule has 6 heteroatoms. The van der Waals surface area contributed by atoms with Crippen LogP contribution < -0.4 is 5.73 Å². The number of hydrogen-bond donors (Lipinski definition) is 1.